The molecule has 6 heteroatoms. The molecule has 0 saturated heterocycles. The lowest BCUT2D eigenvalue weighted by atomic mass is 10.2. The van der Waals surface area contributed by atoms with Gasteiger partial charge in [0.1, 0.15) is 17.5 Å². The van der Waals surface area contributed by atoms with Gasteiger partial charge in [0.25, 0.3) is 5.56 Å². The smallest absolute Gasteiger partial charge is 0.259 e. The van der Waals surface area contributed by atoms with Crippen molar-refractivity contribution in [3.63, 3.8) is 0 Å². The molecule has 3 aromatic heterocycles. The third-order valence-electron chi connectivity index (χ3n) is 3.16. The topological polar surface area (TPSA) is 82.7 Å². The van der Waals surface area contributed by atoms with Crippen molar-refractivity contribution < 1.29 is 0 Å². The summed E-state index contributed by atoms with van der Waals surface area (Å²) in [5.74, 6) is 1.88. The first-order chi connectivity index (χ1) is 10.2. The predicted molar refractivity (Wildman–Crippen MR) is 84.2 cm³/mol. The van der Waals surface area contributed by atoms with E-state index < -0.39 is 0 Å². The van der Waals surface area contributed by atoms with Crippen LogP contribution < -0.4 is 16.2 Å². The lowest BCUT2D eigenvalue weighted by Crippen LogP contribution is -2.09. The van der Waals surface area contributed by atoms with Crippen LogP contribution in [0.25, 0.3) is 10.8 Å². The Balaban J connectivity index is 2.10. The molecule has 0 fully saturated rings. The second-order valence-electron chi connectivity index (χ2n) is 4.72. The number of nitrogens with zero attached hydrogens (tertiary/aromatic N) is 2. The molecule has 3 heterocycles. The molecule has 0 saturated carbocycles. The maximum Gasteiger partial charge on any atom is 0.259 e. The van der Waals surface area contributed by atoms with Gasteiger partial charge >= 0.3 is 0 Å². The van der Waals surface area contributed by atoms with Gasteiger partial charge in [0.05, 0.1) is 5.39 Å². The standard InChI is InChI=1S/C15H15N5O/c1-9-3-5-17-11(7-9)19-12-8-10-4-6-18-15(21)13(10)14(16-2)20-12/h3-8H,1-2H3,(H,18,21)(H2,16,17,19,20). The van der Waals surface area contributed by atoms with Gasteiger partial charge in [-0.1, -0.05) is 0 Å². The molecule has 0 aromatic carbocycles. The number of hydrogen-bond acceptors (Lipinski definition) is 5. The quantitative estimate of drug-likeness (QED) is 0.686. The molecule has 3 N–H and O–H groups in total. The van der Waals surface area contributed by atoms with Gasteiger partial charge in [-0.05, 0) is 42.1 Å². The lowest BCUT2D eigenvalue weighted by Gasteiger charge is -2.10. The highest BCUT2D eigenvalue weighted by Crippen LogP contribution is 2.23. The minimum atomic E-state index is -0.162. The van der Waals surface area contributed by atoms with Crippen LogP contribution in [0.5, 0.6) is 0 Å². The molecule has 0 aliphatic heterocycles. The van der Waals surface area contributed by atoms with E-state index in [4.69, 9.17) is 0 Å². The first-order valence-electron chi connectivity index (χ1n) is 6.57. The molecule has 0 radical (unpaired) electrons. The summed E-state index contributed by atoms with van der Waals surface area (Å²) in [7, 11) is 1.74. The van der Waals surface area contributed by atoms with Crippen molar-refractivity contribution in [2.75, 3.05) is 17.7 Å². The molecule has 0 spiro atoms. The fourth-order valence-electron chi connectivity index (χ4n) is 2.19. The van der Waals surface area contributed by atoms with Crippen molar-refractivity contribution in [1.82, 2.24) is 15.0 Å². The first-order valence-corrected chi connectivity index (χ1v) is 6.57. The molecule has 3 aromatic rings. The van der Waals surface area contributed by atoms with E-state index in [9.17, 15) is 4.79 Å². The van der Waals surface area contributed by atoms with Gasteiger partial charge in [0.2, 0.25) is 0 Å². The van der Waals surface area contributed by atoms with Gasteiger partial charge in [-0.2, -0.15) is 0 Å². The molecule has 106 valence electrons. The zero-order chi connectivity index (χ0) is 14.8. The van der Waals surface area contributed by atoms with E-state index in [0.29, 0.717) is 22.8 Å². The first kappa shape index (κ1) is 13.1. The SMILES string of the molecule is CNc1nc(Nc2cc(C)ccn2)cc2cc[nH]c(=O)c12. The molecule has 21 heavy (non-hydrogen) atoms. The Morgan fingerprint density at radius 2 is 2.05 bits per heavy atom. The Morgan fingerprint density at radius 3 is 2.81 bits per heavy atom. The van der Waals surface area contributed by atoms with E-state index in [-0.39, 0.29) is 5.56 Å². The van der Waals surface area contributed by atoms with Crippen molar-refractivity contribution in [3.8, 4) is 0 Å². The molecular weight excluding hydrogens is 266 g/mol. The highest BCUT2D eigenvalue weighted by atomic mass is 16.1. The summed E-state index contributed by atoms with van der Waals surface area (Å²) in [5.41, 5.74) is 0.947. The van der Waals surface area contributed by atoms with Crippen molar-refractivity contribution >= 4 is 28.2 Å². The summed E-state index contributed by atoms with van der Waals surface area (Å²) >= 11 is 0. The normalized spacial score (nSPS) is 10.6. The second-order valence-corrected chi connectivity index (χ2v) is 4.72. The number of aryl methyl sites for hydroxylation is 1. The van der Waals surface area contributed by atoms with Gasteiger partial charge in [-0.25, -0.2) is 9.97 Å². The van der Waals surface area contributed by atoms with Crippen molar-refractivity contribution in [1.29, 1.82) is 0 Å². The number of anilines is 3. The van der Waals surface area contributed by atoms with Crippen molar-refractivity contribution in [3.05, 3.63) is 52.6 Å². The Morgan fingerprint density at radius 1 is 1.19 bits per heavy atom. The number of H-pyrrole nitrogens is 1. The van der Waals surface area contributed by atoms with E-state index in [1.165, 1.54) is 0 Å². The number of rotatable bonds is 3. The third-order valence-corrected chi connectivity index (χ3v) is 3.16. The summed E-state index contributed by atoms with van der Waals surface area (Å²) in [6.07, 6.45) is 3.36. The fraction of sp³-hybridized carbons (Fsp3) is 0.133. The van der Waals surface area contributed by atoms with Crippen LogP contribution >= 0.6 is 0 Å². The van der Waals surface area contributed by atoms with Crippen LogP contribution in [0, 0.1) is 6.92 Å². The van der Waals surface area contributed by atoms with E-state index >= 15 is 0 Å². The van der Waals surface area contributed by atoms with Gasteiger partial charge < -0.3 is 15.6 Å². The van der Waals surface area contributed by atoms with Gasteiger partial charge in [0, 0.05) is 19.4 Å². The van der Waals surface area contributed by atoms with Crippen LogP contribution in [0.1, 0.15) is 5.56 Å². The Labute approximate surface area is 121 Å². The minimum Gasteiger partial charge on any atom is -0.372 e. The number of aromatic amines is 1. The zero-order valence-electron chi connectivity index (χ0n) is 11.8. The molecular formula is C15H15N5O. The van der Waals surface area contributed by atoms with Crippen LogP contribution in [0.15, 0.2) is 41.5 Å². The third kappa shape index (κ3) is 2.55. The zero-order valence-corrected chi connectivity index (χ0v) is 11.8. The molecule has 0 atom stereocenters. The second kappa shape index (κ2) is 5.24. The molecule has 0 amide bonds. The summed E-state index contributed by atoms with van der Waals surface area (Å²) in [6.45, 7) is 2.00. The highest BCUT2D eigenvalue weighted by molar-refractivity contribution is 5.93. The maximum absolute atomic E-state index is 11.9. The van der Waals surface area contributed by atoms with Crippen LogP contribution in [0.2, 0.25) is 0 Å². The highest BCUT2D eigenvalue weighted by Gasteiger charge is 2.08. The van der Waals surface area contributed by atoms with E-state index in [1.54, 1.807) is 19.4 Å². The number of hydrogen-bond donors (Lipinski definition) is 3. The Hall–Kier alpha value is -2.89. The Kier molecular flexibility index (Phi) is 3.27. The number of fused-ring (bicyclic) bond motifs is 1. The number of pyridine rings is 3. The largest absolute Gasteiger partial charge is 0.372 e. The average Bonchev–Trinajstić information content (AvgIpc) is 2.46. The molecule has 0 unspecified atom stereocenters. The van der Waals surface area contributed by atoms with Crippen LogP contribution in [0.4, 0.5) is 17.5 Å². The predicted octanol–water partition coefficient (Wildman–Crippen LogP) is 2.41. The van der Waals surface area contributed by atoms with Crippen LogP contribution in [-0.4, -0.2) is 22.0 Å². The van der Waals surface area contributed by atoms with E-state index in [2.05, 4.69) is 25.6 Å². The summed E-state index contributed by atoms with van der Waals surface area (Å²) in [5, 5.41) is 7.47. The lowest BCUT2D eigenvalue weighted by molar-refractivity contribution is 1.22. The number of nitrogens with one attached hydrogen (secondary N) is 3. The van der Waals surface area contributed by atoms with Gasteiger partial charge in [0.15, 0.2) is 0 Å². The maximum atomic E-state index is 11.9. The van der Waals surface area contributed by atoms with E-state index in [0.717, 1.165) is 10.9 Å². The molecule has 0 aliphatic rings. The van der Waals surface area contributed by atoms with Gasteiger partial charge in [-0.15, -0.1) is 0 Å². The van der Waals surface area contributed by atoms with Crippen molar-refractivity contribution in [2.45, 2.75) is 6.92 Å². The summed E-state index contributed by atoms with van der Waals surface area (Å²) < 4.78 is 0. The molecule has 3 rings (SSSR count). The minimum absolute atomic E-state index is 0.162. The average molecular weight is 281 g/mol. The summed E-state index contributed by atoms with van der Waals surface area (Å²) in [6, 6.07) is 7.53. The van der Waals surface area contributed by atoms with Gasteiger partial charge in [-0.3, -0.25) is 4.79 Å². The monoisotopic (exact) mass is 281 g/mol. The molecule has 6 nitrogen and oxygen atoms in total. The molecule has 0 bridgehead atoms. The Bertz CT molecular complexity index is 856. The fourth-order valence-corrected chi connectivity index (χ4v) is 2.19. The summed E-state index contributed by atoms with van der Waals surface area (Å²) in [4.78, 5) is 23.2. The van der Waals surface area contributed by atoms with Crippen LogP contribution in [0.3, 0.4) is 0 Å². The van der Waals surface area contributed by atoms with E-state index in [1.807, 2.05) is 31.2 Å². The number of aromatic nitrogens is 3. The van der Waals surface area contributed by atoms with Crippen molar-refractivity contribution in [2.24, 2.45) is 0 Å². The van der Waals surface area contributed by atoms with Crippen LogP contribution in [-0.2, 0) is 0 Å². The molecule has 0 aliphatic carbocycles.